The summed E-state index contributed by atoms with van der Waals surface area (Å²) in [5.41, 5.74) is 7.27. The summed E-state index contributed by atoms with van der Waals surface area (Å²) < 4.78 is 0. The molecule has 1 rings (SSSR count). The van der Waals surface area contributed by atoms with E-state index in [1.165, 1.54) is 18.7 Å². The van der Waals surface area contributed by atoms with Gasteiger partial charge in [0.25, 0.3) is 0 Å². The number of carbonyl (C=O) groups excluding carboxylic acids is 1. The van der Waals surface area contributed by atoms with Crippen LogP contribution in [0.2, 0.25) is 5.02 Å². The average molecular weight is 272 g/mol. The van der Waals surface area contributed by atoms with Gasteiger partial charge >= 0.3 is 0 Å². The van der Waals surface area contributed by atoms with E-state index in [0.717, 1.165) is 5.56 Å². The molecular formula is C11H14ClN3OS. The fourth-order valence-corrected chi connectivity index (χ4v) is 2.30. The number of benzene rings is 1. The number of rotatable bonds is 2. The number of hydrogen-bond donors (Lipinski definition) is 2. The van der Waals surface area contributed by atoms with Crippen LogP contribution in [0.25, 0.3) is 0 Å². The molecule has 0 aliphatic carbocycles. The molecule has 4 nitrogen and oxygen atoms in total. The molecule has 0 saturated carbocycles. The molecule has 0 bridgehead atoms. The van der Waals surface area contributed by atoms with Crippen molar-refractivity contribution in [3.8, 4) is 0 Å². The van der Waals surface area contributed by atoms with E-state index in [1.807, 2.05) is 6.07 Å². The van der Waals surface area contributed by atoms with Gasteiger partial charge in [0.05, 0.1) is 0 Å². The Hall–Kier alpha value is -1.20. The van der Waals surface area contributed by atoms with Crippen molar-refractivity contribution in [1.82, 2.24) is 5.32 Å². The van der Waals surface area contributed by atoms with Gasteiger partial charge in [-0.1, -0.05) is 23.4 Å². The molecule has 0 saturated heterocycles. The lowest BCUT2D eigenvalue weighted by Gasteiger charge is -2.07. The number of aliphatic imine (C=N–C) groups is 1. The molecule has 0 atom stereocenters. The number of thioether (sulfide) groups is 1. The minimum absolute atomic E-state index is 0.142. The Labute approximate surface area is 110 Å². The number of anilines is 1. The van der Waals surface area contributed by atoms with E-state index >= 15 is 0 Å². The van der Waals surface area contributed by atoms with Gasteiger partial charge in [0.15, 0.2) is 5.17 Å². The van der Waals surface area contributed by atoms with Crippen LogP contribution in [0.5, 0.6) is 0 Å². The Morgan fingerprint density at radius 3 is 2.88 bits per heavy atom. The summed E-state index contributed by atoms with van der Waals surface area (Å²) >= 11 is 7.44. The number of carbonyl (C=O) groups is 1. The van der Waals surface area contributed by atoms with Gasteiger partial charge < -0.3 is 11.1 Å². The molecule has 0 spiro atoms. The second-order valence-corrected chi connectivity index (χ2v) is 4.72. The smallest absolute Gasteiger partial charge is 0.222 e. The van der Waals surface area contributed by atoms with Crippen molar-refractivity contribution in [2.24, 2.45) is 4.99 Å². The van der Waals surface area contributed by atoms with E-state index in [2.05, 4.69) is 10.3 Å². The van der Waals surface area contributed by atoms with Gasteiger partial charge in [-0.2, -0.15) is 0 Å². The van der Waals surface area contributed by atoms with Gasteiger partial charge in [-0.3, -0.25) is 9.79 Å². The number of halogens is 1. The standard InChI is InChI=1S/C11H14ClN3OS/c1-7(16)15-11(14-2)17-6-8-5-9(13)3-4-10(8)12/h3-5H,6,13H2,1-2H3,(H,14,15,16). The summed E-state index contributed by atoms with van der Waals surface area (Å²) in [5.74, 6) is 0.466. The lowest BCUT2D eigenvalue weighted by atomic mass is 10.2. The number of amides is 1. The predicted molar refractivity (Wildman–Crippen MR) is 74.3 cm³/mol. The molecule has 1 aromatic rings. The van der Waals surface area contributed by atoms with Crippen molar-refractivity contribution in [3.05, 3.63) is 28.8 Å². The first-order chi connectivity index (χ1) is 8.02. The Kier molecular flexibility index (Phi) is 5.31. The minimum Gasteiger partial charge on any atom is -0.399 e. The maximum Gasteiger partial charge on any atom is 0.222 e. The van der Waals surface area contributed by atoms with Crippen molar-refractivity contribution in [1.29, 1.82) is 0 Å². The zero-order chi connectivity index (χ0) is 12.8. The molecule has 0 aliphatic rings. The van der Waals surface area contributed by atoms with E-state index < -0.39 is 0 Å². The Bertz CT molecular complexity index is 448. The number of nitrogens with zero attached hydrogens (tertiary/aromatic N) is 1. The second kappa shape index (κ2) is 6.51. The van der Waals surface area contributed by atoms with Crippen LogP contribution >= 0.6 is 23.4 Å². The highest BCUT2D eigenvalue weighted by molar-refractivity contribution is 8.13. The largest absolute Gasteiger partial charge is 0.399 e. The van der Waals surface area contributed by atoms with E-state index in [-0.39, 0.29) is 5.91 Å². The fraction of sp³-hybridized carbons (Fsp3) is 0.273. The second-order valence-electron chi connectivity index (χ2n) is 3.35. The molecule has 0 unspecified atom stereocenters. The average Bonchev–Trinajstić information content (AvgIpc) is 2.28. The molecule has 0 fully saturated rings. The van der Waals surface area contributed by atoms with Crippen molar-refractivity contribution < 1.29 is 4.79 Å². The van der Waals surface area contributed by atoms with Crippen LogP contribution < -0.4 is 11.1 Å². The van der Waals surface area contributed by atoms with Crippen molar-refractivity contribution in [2.75, 3.05) is 12.8 Å². The highest BCUT2D eigenvalue weighted by Gasteiger charge is 2.05. The van der Waals surface area contributed by atoms with E-state index in [0.29, 0.717) is 21.6 Å². The summed E-state index contributed by atoms with van der Waals surface area (Å²) in [6, 6.07) is 5.32. The Morgan fingerprint density at radius 1 is 1.59 bits per heavy atom. The molecular weight excluding hydrogens is 258 g/mol. The Morgan fingerprint density at radius 2 is 2.29 bits per heavy atom. The maximum absolute atomic E-state index is 10.9. The molecule has 0 heterocycles. The third-order valence-corrected chi connectivity index (χ3v) is 3.30. The summed E-state index contributed by atoms with van der Waals surface area (Å²) in [6.07, 6.45) is 0. The number of amidine groups is 1. The number of nitrogen functional groups attached to an aromatic ring is 1. The zero-order valence-corrected chi connectivity index (χ0v) is 11.2. The summed E-state index contributed by atoms with van der Waals surface area (Å²) in [5, 5.41) is 3.86. The number of hydrogen-bond acceptors (Lipinski definition) is 4. The van der Waals surface area contributed by atoms with Crippen LogP contribution in [0.4, 0.5) is 5.69 Å². The molecule has 6 heteroatoms. The van der Waals surface area contributed by atoms with E-state index in [1.54, 1.807) is 19.2 Å². The van der Waals surface area contributed by atoms with Gasteiger partial charge in [0, 0.05) is 30.4 Å². The SMILES string of the molecule is CN=C(NC(C)=O)SCc1cc(N)ccc1Cl. The van der Waals surface area contributed by atoms with Gasteiger partial charge in [0.1, 0.15) is 0 Å². The molecule has 3 N–H and O–H groups in total. The predicted octanol–water partition coefficient (Wildman–Crippen LogP) is 2.28. The third-order valence-electron chi connectivity index (χ3n) is 1.92. The number of nitrogens with one attached hydrogen (secondary N) is 1. The minimum atomic E-state index is -0.142. The van der Waals surface area contributed by atoms with Crippen LogP contribution in [-0.2, 0) is 10.5 Å². The molecule has 17 heavy (non-hydrogen) atoms. The highest BCUT2D eigenvalue weighted by atomic mass is 35.5. The Balaban J connectivity index is 2.66. The lowest BCUT2D eigenvalue weighted by Crippen LogP contribution is -2.25. The van der Waals surface area contributed by atoms with Crippen LogP contribution in [0.1, 0.15) is 12.5 Å². The van der Waals surface area contributed by atoms with Gasteiger partial charge in [-0.25, -0.2) is 0 Å². The van der Waals surface area contributed by atoms with E-state index in [4.69, 9.17) is 17.3 Å². The molecule has 1 aromatic carbocycles. The molecule has 1 amide bonds. The van der Waals surface area contributed by atoms with E-state index in [9.17, 15) is 4.79 Å². The quantitative estimate of drug-likeness (QED) is 0.493. The summed E-state index contributed by atoms with van der Waals surface area (Å²) in [4.78, 5) is 14.9. The molecule has 0 aromatic heterocycles. The molecule has 92 valence electrons. The van der Waals surface area contributed by atoms with Crippen molar-refractivity contribution in [3.63, 3.8) is 0 Å². The third kappa shape index (κ3) is 4.66. The number of nitrogens with two attached hydrogens (primary N) is 1. The highest BCUT2D eigenvalue weighted by Crippen LogP contribution is 2.23. The summed E-state index contributed by atoms with van der Waals surface area (Å²) in [6.45, 7) is 1.44. The van der Waals surface area contributed by atoms with Crippen LogP contribution in [0.3, 0.4) is 0 Å². The normalized spacial score (nSPS) is 11.4. The first-order valence-electron chi connectivity index (χ1n) is 4.94. The summed E-state index contributed by atoms with van der Waals surface area (Å²) in [7, 11) is 1.62. The fourth-order valence-electron chi connectivity index (χ4n) is 1.16. The van der Waals surface area contributed by atoms with Crippen molar-refractivity contribution in [2.45, 2.75) is 12.7 Å². The van der Waals surface area contributed by atoms with Crippen LogP contribution in [-0.4, -0.2) is 18.1 Å². The lowest BCUT2D eigenvalue weighted by molar-refractivity contribution is -0.117. The van der Waals surface area contributed by atoms with Gasteiger partial charge in [0.2, 0.25) is 5.91 Å². The first-order valence-corrected chi connectivity index (χ1v) is 6.30. The topological polar surface area (TPSA) is 67.5 Å². The zero-order valence-electron chi connectivity index (χ0n) is 9.66. The molecule has 0 radical (unpaired) electrons. The van der Waals surface area contributed by atoms with Crippen LogP contribution in [0.15, 0.2) is 23.2 Å². The molecule has 0 aliphatic heterocycles. The monoisotopic (exact) mass is 271 g/mol. The van der Waals surface area contributed by atoms with Gasteiger partial charge in [-0.05, 0) is 23.8 Å². The van der Waals surface area contributed by atoms with Crippen molar-refractivity contribution >= 4 is 40.1 Å². The van der Waals surface area contributed by atoms with Gasteiger partial charge in [-0.15, -0.1) is 0 Å². The maximum atomic E-state index is 10.9. The van der Waals surface area contributed by atoms with Crippen LogP contribution in [0, 0.1) is 0 Å². The first kappa shape index (κ1) is 13.9.